The van der Waals surface area contributed by atoms with Gasteiger partial charge in [-0.15, -0.1) is 5.11 Å². The number of azo groups is 1. The Kier molecular flexibility index (Phi) is 2.30. The van der Waals surface area contributed by atoms with Crippen LogP contribution in [-0.2, 0) is 16.6 Å². The number of allylic oxidation sites excluding steroid dienone is 2. The van der Waals surface area contributed by atoms with Crippen molar-refractivity contribution in [1.29, 1.82) is 0 Å². The number of dihydropyridines is 1. The second-order valence-electron chi connectivity index (χ2n) is 7.89. The monoisotopic (exact) mass is 305 g/mol. The standard InChI is InChI=1S/C19H19N3O/c1-18(2)8-14-16(15(23)9-18)19(13-10-20-22-17(13)21-14)7-11-5-3-4-6-12(11)19/h3-6,21H,7-10H2,1-2H3. The third kappa shape index (κ3) is 1.54. The second kappa shape index (κ2) is 3.99. The molecule has 2 heterocycles. The average molecular weight is 305 g/mol. The van der Waals surface area contributed by atoms with Crippen molar-refractivity contribution in [2.24, 2.45) is 15.6 Å². The first kappa shape index (κ1) is 13.2. The highest BCUT2D eigenvalue weighted by atomic mass is 16.1. The SMILES string of the molecule is CC1(C)CC(=O)C2=C(C1)NC1=C(CN=N1)C21Cc2ccccc21. The van der Waals surface area contributed by atoms with E-state index in [2.05, 4.69) is 53.7 Å². The van der Waals surface area contributed by atoms with Crippen molar-refractivity contribution in [3.05, 3.63) is 58.1 Å². The van der Waals surface area contributed by atoms with E-state index >= 15 is 0 Å². The molecule has 0 aromatic heterocycles. The summed E-state index contributed by atoms with van der Waals surface area (Å²) in [5, 5.41) is 12.0. The maximum atomic E-state index is 13.1. The molecule has 1 aromatic carbocycles. The molecule has 0 bridgehead atoms. The van der Waals surface area contributed by atoms with Crippen molar-refractivity contribution in [2.75, 3.05) is 6.54 Å². The second-order valence-corrected chi connectivity index (χ2v) is 7.89. The number of carbonyl (C=O) groups excluding carboxylic acids is 1. The highest BCUT2D eigenvalue weighted by molar-refractivity contribution is 6.02. The lowest BCUT2D eigenvalue weighted by molar-refractivity contribution is -0.119. The predicted molar refractivity (Wildman–Crippen MR) is 86.8 cm³/mol. The van der Waals surface area contributed by atoms with Crippen LogP contribution in [0.15, 0.2) is 57.2 Å². The van der Waals surface area contributed by atoms with Gasteiger partial charge < -0.3 is 5.32 Å². The first-order valence-corrected chi connectivity index (χ1v) is 8.25. The smallest absolute Gasteiger partial charge is 0.162 e. The molecule has 1 spiro atoms. The van der Waals surface area contributed by atoms with Crippen molar-refractivity contribution in [2.45, 2.75) is 38.5 Å². The van der Waals surface area contributed by atoms with Crippen molar-refractivity contribution in [3.8, 4) is 0 Å². The molecule has 4 aliphatic rings. The Morgan fingerprint density at radius 1 is 1.13 bits per heavy atom. The van der Waals surface area contributed by atoms with Gasteiger partial charge in [0.15, 0.2) is 11.6 Å². The lowest BCUT2D eigenvalue weighted by atomic mass is 9.52. The van der Waals surface area contributed by atoms with Crippen LogP contribution in [0, 0.1) is 5.41 Å². The van der Waals surface area contributed by atoms with Crippen LogP contribution in [0.2, 0.25) is 0 Å². The summed E-state index contributed by atoms with van der Waals surface area (Å²) < 4.78 is 0. The van der Waals surface area contributed by atoms with Gasteiger partial charge in [0.2, 0.25) is 0 Å². The van der Waals surface area contributed by atoms with Crippen LogP contribution >= 0.6 is 0 Å². The molecule has 0 radical (unpaired) electrons. The van der Waals surface area contributed by atoms with Gasteiger partial charge in [0.05, 0.1) is 12.0 Å². The zero-order chi connectivity index (χ0) is 15.8. The molecule has 5 rings (SSSR count). The number of rotatable bonds is 0. The van der Waals surface area contributed by atoms with Gasteiger partial charge in [-0.3, -0.25) is 4.79 Å². The summed E-state index contributed by atoms with van der Waals surface area (Å²) in [6, 6.07) is 8.49. The predicted octanol–water partition coefficient (Wildman–Crippen LogP) is 3.40. The zero-order valence-corrected chi connectivity index (χ0v) is 13.4. The van der Waals surface area contributed by atoms with Gasteiger partial charge >= 0.3 is 0 Å². The Balaban J connectivity index is 1.76. The molecule has 4 heteroatoms. The summed E-state index contributed by atoms with van der Waals surface area (Å²) in [5.74, 6) is 1.17. The minimum atomic E-state index is -0.274. The van der Waals surface area contributed by atoms with Gasteiger partial charge in [0.1, 0.15) is 0 Å². The lowest BCUT2D eigenvalue weighted by Crippen LogP contribution is -2.52. The molecule has 1 unspecified atom stereocenters. The fourth-order valence-electron chi connectivity index (χ4n) is 4.82. The fourth-order valence-corrected chi connectivity index (χ4v) is 4.82. The van der Waals surface area contributed by atoms with E-state index in [9.17, 15) is 4.79 Å². The maximum Gasteiger partial charge on any atom is 0.162 e. The molecule has 0 amide bonds. The van der Waals surface area contributed by atoms with Crippen LogP contribution in [0.5, 0.6) is 0 Å². The summed E-state index contributed by atoms with van der Waals surface area (Å²) in [6.07, 6.45) is 2.42. The largest absolute Gasteiger partial charge is 0.342 e. The fraction of sp³-hybridized carbons (Fsp3) is 0.421. The van der Waals surface area contributed by atoms with E-state index in [4.69, 9.17) is 0 Å². The highest BCUT2D eigenvalue weighted by Gasteiger charge is 2.56. The first-order chi connectivity index (χ1) is 11.0. The third-order valence-corrected chi connectivity index (χ3v) is 5.70. The van der Waals surface area contributed by atoms with Gasteiger partial charge in [0.25, 0.3) is 0 Å². The van der Waals surface area contributed by atoms with E-state index in [1.807, 2.05) is 0 Å². The summed E-state index contributed by atoms with van der Waals surface area (Å²) in [7, 11) is 0. The van der Waals surface area contributed by atoms with E-state index in [1.165, 1.54) is 16.7 Å². The summed E-state index contributed by atoms with van der Waals surface area (Å²) in [5.41, 5.74) is 5.59. The molecule has 2 aliphatic heterocycles. The molecule has 1 N–H and O–H groups in total. The zero-order valence-electron chi connectivity index (χ0n) is 13.4. The lowest BCUT2D eigenvalue weighted by Gasteiger charge is -2.51. The number of hydrogen-bond acceptors (Lipinski definition) is 4. The van der Waals surface area contributed by atoms with E-state index in [1.54, 1.807) is 0 Å². The van der Waals surface area contributed by atoms with Crippen LogP contribution in [0.25, 0.3) is 0 Å². The van der Waals surface area contributed by atoms with Crippen LogP contribution in [0.1, 0.15) is 37.8 Å². The Morgan fingerprint density at radius 2 is 1.96 bits per heavy atom. The number of hydrogen-bond donors (Lipinski definition) is 1. The molecule has 23 heavy (non-hydrogen) atoms. The number of nitrogens with zero attached hydrogens (tertiary/aromatic N) is 2. The molecule has 0 fully saturated rings. The Hall–Kier alpha value is -2.23. The quantitative estimate of drug-likeness (QED) is 0.798. The van der Waals surface area contributed by atoms with Crippen molar-refractivity contribution in [3.63, 3.8) is 0 Å². The summed E-state index contributed by atoms with van der Waals surface area (Å²) >= 11 is 0. The maximum absolute atomic E-state index is 13.1. The molecule has 116 valence electrons. The van der Waals surface area contributed by atoms with Crippen molar-refractivity contribution >= 4 is 5.78 Å². The molecule has 2 aliphatic carbocycles. The number of nitrogens with one attached hydrogen (secondary N) is 1. The highest BCUT2D eigenvalue weighted by Crippen LogP contribution is 2.58. The van der Waals surface area contributed by atoms with Crippen LogP contribution in [0.4, 0.5) is 0 Å². The van der Waals surface area contributed by atoms with Crippen LogP contribution < -0.4 is 5.32 Å². The Bertz CT molecular complexity index is 859. The Morgan fingerprint density at radius 3 is 2.78 bits per heavy atom. The molecular weight excluding hydrogens is 286 g/mol. The van der Waals surface area contributed by atoms with Gasteiger partial charge in [0, 0.05) is 23.3 Å². The topological polar surface area (TPSA) is 53.8 Å². The van der Waals surface area contributed by atoms with Gasteiger partial charge in [-0.2, -0.15) is 5.11 Å². The van der Waals surface area contributed by atoms with Gasteiger partial charge in [-0.05, 0) is 29.4 Å². The third-order valence-electron chi connectivity index (χ3n) is 5.70. The van der Waals surface area contributed by atoms with E-state index in [0.29, 0.717) is 13.0 Å². The first-order valence-electron chi connectivity index (χ1n) is 8.25. The number of benzene rings is 1. The number of Topliss-reactive ketones (excluding diaryl/α,β-unsaturated/α-hetero) is 1. The number of carbonyl (C=O) groups is 1. The van der Waals surface area contributed by atoms with Gasteiger partial charge in [-0.1, -0.05) is 38.1 Å². The number of fused-ring (bicyclic) bond motifs is 4. The van der Waals surface area contributed by atoms with Crippen LogP contribution in [0.3, 0.4) is 0 Å². The van der Waals surface area contributed by atoms with Crippen LogP contribution in [-0.4, -0.2) is 12.3 Å². The van der Waals surface area contributed by atoms with Crippen molar-refractivity contribution in [1.82, 2.24) is 5.32 Å². The summed E-state index contributed by atoms with van der Waals surface area (Å²) in [6.45, 7) is 4.93. The molecule has 1 atom stereocenters. The molecule has 4 nitrogen and oxygen atoms in total. The molecule has 1 aromatic rings. The Labute approximate surface area is 135 Å². The van der Waals surface area contributed by atoms with E-state index in [-0.39, 0.29) is 16.6 Å². The molecule has 0 saturated heterocycles. The van der Waals surface area contributed by atoms with E-state index < -0.39 is 0 Å². The average Bonchev–Trinajstić information content (AvgIpc) is 2.91. The number of ketones is 1. The molecule has 0 saturated carbocycles. The van der Waals surface area contributed by atoms with Gasteiger partial charge in [-0.25, -0.2) is 0 Å². The normalized spacial score (nSPS) is 29.9. The van der Waals surface area contributed by atoms with E-state index in [0.717, 1.165) is 29.9 Å². The van der Waals surface area contributed by atoms with Crippen molar-refractivity contribution < 1.29 is 4.79 Å². The minimum Gasteiger partial charge on any atom is -0.342 e. The minimum absolute atomic E-state index is 0.00117. The molecular formula is C19H19N3O. The summed E-state index contributed by atoms with van der Waals surface area (Å²) in [4.78, 5) is 13.1.